The average Bonchev–Trinajstić information content (AvgIpc) is 2.15. The van der Waals surface area contributed by atoms with Crippen molar-refractivity contribution in [2.24, 2.45) is 5.73 Å². The molecule has 1 aliphatic heterocycles. The van der Waals surface area contributed by atoms with Crippen LogP contribution in [0.1, 0.15) is 20.8 Å². The van der Waals surface area contributed by atoms with E-state index in [1.165, 1.54) is 0 Å². The van der Waals surface area contributed by atoms with E-state index in [4.69, 9.17) is 5.73 Å². The quantitative estimate of drug-likeness (QED) is 0.633. The zero-order valence-electron chi connectivity index (χ0n) is 9.62. The molecule has 1 fully saturated rings. The molecule has 0 aliphatic carbocycles. The van der Waals surface area contributed by atoms with Gasteiger partial charge in [-0.1, -0.05) is 0 Å². The molecule has 0 unspecified atom stereocenters. The summed E-state index contributed by atoms with van der Waals surface area (Å²) in [5.41, 5.74) is 4.91. The molecule has 1 rings (SSSR count). The molecule has 0 radical (unpaired) electrons. The third-order valence-electron chi connectivity index (χ3n) is 2.56. The van der Waals surface area contributed by atoms with Gasteiger partial charge in [0, 0.05) is 33.1 Å². The van der Waals surface area contributed by atoms with Crippen molar-refractivity contribution in [1.29, 1.82) is 0 Å². The van der Waals surface area contributed by atoms with Gasteiger partial charge in [-0.15, -0.1) is 0 Å². The SMILES string of the molecule is CC(=O)N1CCN(C(=O)C(C)(C)N)CC1. The van der Waals surface area contributed by atoms with Crippen LogP contribution < -0.4 is 5.73 Å². The van der Waals surface area contributed by atoms with Crippen molar-refractivity contribution >= 4 is 11.8 Å². The van der Waals surface area contributed by atoms with Crippen LogP contribution >= 0.6 is 0 Å². The molecule has 0 saturated carbocycles. The smallest absolute Gasteiger partial charge is 0.242 e. The number of hydrogen-bond donors (Lipinski definition) is 1. The molecular weight excluding hydrogens is 194 g/mol. The maximum Gasteiger partial charge on any atom is 0.242 e. The lowest BCUT2D eigenvalue weighted by Gasteiger charge is -2.37. The van der Waals surface area contributed by atoms with Crippen molar-refractivity contribution < 1.29 is 9.59 Å². The van der Waals surface area contributed by atoms with E-state index in [1.54, 1.807) is 30.6 Å². The lowest BCUT2D eigenvalue weighted by atomic mass is 10.0. The van der Waals surface area contributed by atoms with Gasteiger partial charge in [0.2, 0.25) is 11.8 Å². The first-order valence-corrected chi connectivity index (χ1v) is 5.16. The first-order chi connectivity index (χ1) is 6.82. The Morgan fingerprint density at radius 2 is 1.47 bits per heavy atom. The highest BCUT2D eigenvalue weighted by Gasteiger charge is 2.30. The fourth-order valence-corrected chi connectivity index (χ4v) is 1.63. The van der Waals surface area contributed by atoms with Gasteiger partial charge in [0.1, 0.15) is 0 Å². The largest absolute Gasteiger partial charge is 0.339 e. The average molecular weight is 213 g/mol. The first-order valence-electron chi connectivity index (χ1n) is 5.16. The number of nitrogens with two attached hydrogens (primary N) is 1. The van der Waals surface area contributed by atoms with Crippen LogP contribution in [-0.2, 0) is 9.59 Å². The van der Waals surface area contributed by atoms with E-state index < -0.39 is 5.54 Å². The molecule has 0 aromatic heterocycles. The second kappa shape index (κ2) is 4.18. The summed E-state index contributed by atoms with van der Waals surface area (Å²) in [5.74, 6) is 0.0137. The molecule has 0 spiro atoms. The Morgan fingerprint density at radius 1 is 1.07 bits per heavy atom. The summed E-state index contributed by atoms with van der Waals surface area (Å²) in [6, 6.07) is 0. The van der Waals surface area contributed by atoms with Crippen molar-refractivity contribution in [3.8, 4) is 0 Å². The number of carbonyl (C=O) groups excluding carboxylic acids is 2. The van der Waals surface area contributed by atoms with Gasteiger partial charge in [-0.25, -0.2) is 0 Å². The van der Waals surface area contributed by atoms with E-state index in [1.807, 2.05) is 0 Å². The lowest BCUT2D eigenvalue weighted by molar-refractivity contribution is -0.141. The van der Waals surface area contributed by atoms with Crippen LogP contribution in [0.25, 0.3) is 0 Å². The minimum absolute atomic E-state index is 0.0503. The molecule has 2 N–H and O–H groups in total. The Balaban J connectivity index is 2.51. The summed E-state index contributed by atoms with van der Waals surface area (Å²) >= 11 is 0. The van der Waals surface area contributed by atoms with Gasteiger partial charge in [0.15, 0.2) is 0 Å². The Bertz CT molecular complexity index is 262. The number of rotatable bonds is 1. The van der Waals surface area contributed by atoms with Crippen molar-refractivity contribution in [3.63, 3.8) is 0 Å². The minimum Gasteiger partial charge on any atom is -0.339 e. The van der Waals surface area contributed by atoms with Gasteiger partial charge in [-0.05, 0) is 13.8 Å². The van der Waals surface area contributed by atoms with Gasteiger partial charge in [-0.2, -0.15) is 0 Å². The second-order valence-corrected chi connectivity index (χ2v) is 4.52. The normalized spacial score (nSPS) is 17.9. The number of piperazine rings is 1. The van der Waals surface area contributed by atoms with Gasteiger partial charge < -0.3 is 15.5 Å². The summed E-state index contributed by atoms with van der Waals surface area (Å²) < 4.78 is 0. The molecule has 1 heterocycles. The lowest BCUT2D eigenvalue weighted by Crippen LogP contribution is -2.57. The Labute approximate surface area is 90.2 Å². The van der Waals surface area contributed by atoms with E-state index in [2.05, 4.69) is 0 Å². The fraction of sp³-hybridized carbons (Fsp3) is 0.800. The first kappa shape index (κ1) is 12.0. The molecule has 5 nitrogen and oxygen atoms in total. The summed E-state index contributed by atoms with van der Waals surface area (Å²) in [4.78, 5) is 26.3. The summed E-state index contributed by atoms with van der Waals surface area (Å²) in [7, 11) is 0. The molecule has 1 saturated heterocycles. The van der Waals surface area contributed by atoms with Crippen LogP contribution in [0.2, 0.25) is 0 Å². The highest BCUT2D eigenvalue weighted by atomic mass is 16.2. The van der Waals surface area contributed by atoms with Crippen LogP contribution in [0.4, 0.5) is 0 Å². The molecule has 2 amide bonds. The molecule has 0 aromatic rings. The van der Waals surface area contributed by atoms with Crippen LogP contribution in [0.15, 0.2) is 0 Å². The van der Waals surface area contributed by atoms with E-state index >= 15 is 0 Å². The molecule has 1 aliphatic rings. The minimum atomic E-state index is -0.821. The predicted molar refractivity (Wildman–Crippen MR) is 57.1 cm³/mol. The van der Waals surface area contributed by atoms with E-state index in [9.17, 15) is 9.59 Å². The predicted octanol–water partition coefficient (Wildman–Crippen LogP) is -0.586. The van der Waals surface area contributed by atoms with E-state index in [-0.39, 0.29) is 11.8 Å². The van der Waals surface area contributed by atoms with E-state index in [0.717, 1.165) is 0 Å². The Morgan fingerprint density at radius 3 is 1.80 bits per heavy atom. The number of amides is 2. The van der Waals surface area contributed by atoms with E-state index in [0.29, 0.717) is 26.2 Å². The highest BCUT2D eigenvalue weighted by molar-refractivity contribution is 5.85. The van der Waals surface area contributed by atoms with Crippen molar-refractivity contribution in [2.45, 2.75) is 26.3 Å². The number of hydrogen-bond acceptors (Lipinski definition) is 3. The van der Waals surface area contributed by atoms with Crippen LogP contribution in [0.3, 0.4) is 0 Å². The molecular formula is C10H19N3O2. The summed E-state index contributed by atoms with van der Waals surface area (Å²) in [5, 5.41) is 0. The Hall–Kier alpha value is -1.10. The van der Waals surface area contributed by atoms with Crippen LogP contribution in [0.5, 0.6) is 0 Å². The van der Waals surface area contributed by atoms with Crippen molar-refractivity contribution in [3.05, 3.63) is 0 Å². The van der Waals surface area contributed by atoms with Crippen LogP contribution in [0, 0.1) is 0 Å². The van der Waals surface area contributed by atoms with Crippen LogP contribution in [-0.4, -0.2) is 53.3 Å². The molecule has 5 heteroatoms. The summed E-state index contributed by atoms with van der Waals surface area (Å²) in [6.07, 6.45) is 0. The highest BCUT2D eigenvalue weighted by Crippen LogP contribution is 2.08. The zero-order valence-corrected chi connectivity index (χ0v) is 9.62. The number of nitrogens with zero attached hydrogens (tertiary/aromatic N) is 2. The van der Waals surface area contributed by atoms with Crippen molar-refractivity contribution in [2.75, 3.05) is 26.2 Å². The molecule has 0 bridgehead atoms. The standard InChI is InChI=1S/C10H19N3O2/c1-8(14)12-4-6-13(7-5-12)9(15)10(2,3)11/h4-7,11H2,1-3H3. The molecule has 0 atom stereocenters. The zero-order chi connectivity index (χ0) is 11.6. The van der Waals surface area contributed by atoms with Gasteiger partial charge in [0.25, 0.3) is 0 Å². The molecule has 15 heavy (non-hydrogen) atoms. The third-order valence-corrected chi connectivity index (χ3v) is 2.56. The molecule has 0 aromatic carbocycles. The maximum absolute atomic E-state index is 11.8. The van der Waals surface area contributed by atoms with Gasteiger partial charge in [-0.3, -0.25) is 9.59 Å². The summed E-state index contributed by atoms with van der Waals surface area (Å²) in [6.45, 7) is 7.33. The fourth-order valence-electron chi connectivity index (χ4n) is 1.63. The number of carbonyl (C=O) groups is 2. The Kier molecular flexibility index (Phi) is 3.34. The topological polar surface area (TPSA) is 66.6 Å². The monoisotopic (exact) mass is 213 g/mol. The van der Waals surface area contributed by atoms with Gasteiger partial charge in [0.05, 0.1) is 5.54 Å². The van der Waals surface area contributed by atoms with Gasteiger partial charge >= 0.3 is 0 Å². The third kappa shape index (κ3) is 2.92. The maximum atomic E-state index is 11.8. The second-order valence-electron chi connectivity index (χ2n) is 4.52. The molecule has 86 valence electrons. The van der Waals surface area contributed by atoms with Crippen molar-refractivity contribution in [1.82, 2.24) is 9.80 Å².